The molecule has 0 aliphatic heterocycles. The Balaban J connectivity index is 1.97. The van der Waals surface area contributed by atoms with E-state index in [1.54, 1.807) is 24.2 Å². The lowest BCUT2D eigenvalue weighted by Crippen LogP contribution is -1.98. The fraction of sp³-hybridized carbons (Fsp3) is 0.133. The average molecular weight is 282 g/mol. The summed E-state index contributed by atoms with van der Waals surface area (Å²) in [5.41, 5.74) is 2.76. The zero-order chi connectivity index (χ0) is 14.7. The van der Waals surface area contributed by atoms with Gasteiger partial charge in [-0.25, -0.2) is 9.67 Å². The van der Waals surface area contributed by atoms with Crippen molar-refractivity contribution in [3.8, 4) is 28.7 Å². The number of benzene rings is 1. The Morgan fingerprint density at radius 2 is 1.86 bits per heavy atom. The van der Waals surface area contributed by atoms with Crippen LogP contribution in [0.5, 0.6) is 11.9 Å². The Labute approximate surface area is 122 Å². The van der Waals surface area contributed by atoms with Crippen LogP contribution in [0.2, 0.25) is 0 Å². The molecule has 106 valence electrons. The molecule has 0 saturated carbocycles. The summed E-state index contributed by atoms with van der Waals surface area (Å²) in [5.74, 6) is 0.480. The van der Waals surface area contributed by atoms with Gasteiger partial charge in [0, 0.05) is 18.6 Å². The fourth-order valence-corrected chi connectivity index (χ4v) is 2.02. The largest absolute Gasteiger partial charge is 0.480 e. The quantitative estimate of drug-likeness (QED) is 0.735. The van der Waals surface area contributed by atoms with Gasteiger partial charge in [0.2, 0.25) is 5.88 Å². The van der Waals surface area contributed by atoms with E-state index in [2.05, 4.69) is 15.1 Å². The van der Waals surface area contributed by atoms with Gasteiger partial charge in [0.1, 0.15) is 0 Å². The van der Waals surface area contributed by atoms with Crippen LogP contribution in [0.3, 0.4) is 0 Å². The van der Waals surface area contributed by atoms with Gasteiger partial charge >= 0.3 is 6.01 Å². The van der Waals surface area contributed by atoms with Crippen LogP contribution in [0.15, 0.2) is 48.9 Å². The van der Waals surface area contributed by atoms with E-state index in [0.717, 1.165) is 16.8 Å². The molecular formula is C15H14N4O2. The van der Waals surface area contributed by atoms with Crippen LogP contribution < -0.4 is 9.47 Å². The first-order valence-corrected chi connectivity index (χ1v) is 6.37. The van der Waals surface area contributed by atoms with Gasteiger partial charge in [0.15, 0.2) is 0 Å². The monoisotopic (exact) mass is 282 g/mol. The number of hydrogen-bond donors (Lipinski definition) is 0. The van der Waals surface area contributed by atoms with Gasteiger partial charge in [-0.05, 0) is 23.8 Å². The van der Waals surface area contributed by atoms with Crippen LogP contribution in [0, 0.1) is 0 Å². The minimum Gasteiger partial charge on any atom is -0.480 e. The van der Waals surface area contributed by atoms with E-state index in [9.17, 15) is 0 Å². The minimum atomic E-state index is 0.281. The van der Waals surface area contributed by atoms with Gasteiger partial charge in [0.25, 0.3) is 0 Å². The molecule has 1 aromatic carbocycles. The molecule has 6 heteroatoms. The first-order valence-electron chi connectivity index (χ1n) is 6.37. The maximum absolute atomic E-state index is 5.30. The summed E-state index contributed by atoms with van der Waals surface area (Å²) in [6, 6.07) is 10.1. The number of aromatic nitrogens is 4. The molecule has 0 saturated heterocycles. The molecule has 3 rings (SSSR count). The van der Waals surface area contributed by atoms with E-state index < -0.39 is 0 Å². The van der Waals surface area contributed by atoms with Crippen molar-refractivity contribution in [1.29, 1.82) is 0 Å². The van der Waals surface area contributed by atoms with E-state index in [1.165, 1.54) is 7.11 Å². The molecule has 21 heavy (non-hydrogen) atoms. The predicted molar refractivity (Wildman–Crippen MR) is 77.7 cm³/mol. The second kappa shape index (κ2) is 5.62. The second-order valence-electron chi connectivity index (χ2n) is 4.28. The highest BCUT2D eigenvalue weighted by Crippen LogP contribution is 2.29. The summed E-state index contributed by atoms with van der Waals surface area (Å²) in [7, 11) is 3.09. The molecule has 0 spiro atoms. The SMILES string of the molecule is COc1ncc(-c2ccc(-n3cccn3)cc2)c(OC)n1. The molecule has 3 aromatic rings. The van der Waals surface area contributed by atoms with Gasteiger partial charge in [-0.1, -0.05) is 12.1 Å². The van der Waals surface area contributed by atoms with Crippen LogP contribution in [0.1, 0.15) is 0 Å². The van der Waals surface area contributed by atoms with Crippen LogP contribution in [-0.2, 0) is 0 Å². The van der Waals surface area contributed by atoms with Crippen LogP contribution in [0.25, 0.3) is 16.8 Å². The van der Waals surface area contributed by atoms with E-state index in [4.69, 9.17) is 9.47 Å². The first-order chi connectivity index (χ1) is 10.3. The summed E-state index contributed by atoms with van der Waals surface area (Å²) in [6.45, 7) is 0. The molecular weight excluding hydrogens is 268 g/mol. The third-order valence-corrected chi connectivity index (χ3v) is 3.05. The van der Waals surface area contributed by atoms with Crippen molar-refractivity contribution >= 4 is 0 Å². The Morgan fingerprint density at radius 3 is 2.48 bits per heavy atom. The van der Waals surface area contributed by atoms with Crippen LogP contribution >= 0.6 is 0 Å². The summed E-state index contributed by atoms with van der Waals surface area (Å²) in [6.07, 6.45) is 5.33. The number of methoxy groups -OCH3 is 2. The first kappa shape index (κ1) is 13.1. The lowest BCUT2D eigenvalue weighted by atomic mass is 10.1. The van der Waals surface area contributed by atoms with E-state index in [-0.39, 0.29) is 6.01 Å². The fourth-order valence-electron chi connectivity index (χ4n) is 2.02. The predicted octanol–water partition coefficient (Wildman–Crippen LogP) is 2.35. The zero-order valence-corrected chi connectivity index (χ0v) is 11.7. The van der Waals surface area contributed by atoms with Crippen LogP contribution in [0.4, 0.5) is 0 Å². The molecule has 2 aromatic heterocycles. The standard InChI is InChI=1S/C15H14N4O2/c1-20-14-13(10-16-15(18-14)21-2)11-4-6-12(7-5-11)19-9-3-8-17-19/h3-10H,1-2H3. The number of ether oxygens (including phenoxy) is 2. The zero-order valence-electron chi connectivity index (χ0n) is 11.7. The molecule has 6 nitrogen and oxygen atoms in total. The maximum Gasteiger partial charge on any atom is 0.319 e. The third kappa shape index (κ3) is 2.55. The van der Waals surface area contributed by atoms with Gasteiger partial charge < -0.3 is 9.47 Å². The van der Waals surface area contributed by atoms with Crippen molar-refractivity contribution in [2.24, 2.45) is 0 Å². The third-order valence-electron chi connectivity index (χ3n) is 3.05. The summed E-state index contributed by atoms with van der Waals surface area (Å²) in [4.78, 5) is 8.31. The van der Waals surface area contributed by atoms with Crippen molar-refractivity contribution in [2.75, 3.05) is 14.2 Å². The highest BCUT2D eigenvalue weighted by molar-refractivity contribution is 5.68. The number of rotatable bonds is 4. The highest BCUT2D eigenvalue weighted by atomic mass is 16.5. The molecule has 0 aliphatic carbocycles. The summed E-state index contributed by atoms with van der Waals surface area (Å²) in [5, 5.41) is 4.20. The lowest BCUT2D eigenvalue weighted by Gasteiger charge is -2.09. The molecule has 2 heterocycles. The van der Waals surface area contributed by atoms with E-state index >= 15 is 0 Å². The number of nitrogens with zero attached hydrogens (tertiary/aromatic N) is 4. The molecule has 0 radical (unpaired) electrons. The average Bonchev–Trinajstić information content (AvgIpc) is 3.09. The van der Waals surface area contributed by atoms with Crippen LogP contribution in [-0.4, -0.2) is 34.0 Å². The molecule has 0 atom stereocenters. The smallest absolute Gasteiger partial charge is 0.319 e. The van der Waals surface area contributed by atoms with E-state index in [1.807, 2.05) is 36.5 Å². The molecule has 0 unspecified atom stereocenters. The molecule has 0 N–H and O–H groups in total. The van der Waals surface area contributed by atoms with Crippen molar-refractivity contribution in [3.05, 3.63) is 48.9 Å². The van der Waals surface area contributed by atoms with Crippen molar-refractivity contribution in [2.45, 2.75) is 0 Å². The van der Waals surface area contributed by atoms with E-state index in [0.29, 0.717) is 5.88 Å². The number of hydrogen-bond acceptors (Lipinski definition) is 5. The maximum atomic E-state index is 5.30. The van der Waals surface area contributed by atoms with Crippen molar-refractivity contribution < 1.29 is 9.47 Å². The second-order valence-corrected chi connectivity index (χ2v) is 4.28. The Kier molecular flexibility index (Phi) is 3.51. The van der Waals surface area contributed by atoms with Crippen molar-refractivity contribution in [3.63, 3.8) is 0 Å². The Hall–Kier alpha value is -2.89. The molecule has 0 amide bonds. The van der Waals surface area contributed by atoms with Gasteiger partial charge in [-0.15, -0.1) is 0 Å². The molecule has 0 aliphatic rings. The van der Waals surface area contributed by atoms with Gasteiger partial charge in [-0.3, -0.25) is 0 Å². The highest BCUT2D eigenvalue weighted by Gasteiger charge is 2.10. The Morgan fingerprint density at radius 1 is 1.05 bits per heavy atom. The molecule has 0 bridgehead atoms. The van der Waals surface area contributed by atoms with Gasteiger partial charge in [0.05, 0.1) is 25.5 Å². The summed E-state index contributed by atoms with van der Waals surface area (Å²) < 4.78 is 12.1. The summed E-state index contributed by atoms with van der Waals surface area (Å²) >= 11 is 0. The Bertz CT molecular complexity index is 724. The minimum absolute atomic E-state index is 0.281. The lowest BCUT2D eigenvalue weighted by molar-refractivity contribution is 0.353. The normalized spacial score (nSPS) is 10.4. The molecule has 0 fully saturated rings. The topological polar surface area (TPSA) is 62.1 Å². The van der Waals surface area contributed by atoms with Crippen molar-refractivity contribution in [1.82, 2.24) is 19.7 Å². The van der Waals surface area contributed by atoms with Gasteiger partial charge in [-0.2, -0.15) is 10.1 Å².